The Labute approximate surface area is 119 Å². The van der Waals surface area contributed by atoms with Crippen molar-refractivity contribution in [3.05, 3.63) is 23.4 Å². The van der Waals surface area contributed by atoms with Crippen LogP contribution in [0.4, 0.5) is 5.82 Å². The molecule has 0 aliphatic carbocycles. The Kier molecular flexibility index (Phi) is 4.23. The second kappa shape index (κ2) is 5.91. The highest BCUT2D eigenvalue weighted by Crippen LogP contribution is 2.25. The number of hydrogen-bond donors (Lipinski definition) is 0. The Morgan fingerprint density at radius 1 is 1.40 bits per heavy atom. The number of nitrogens with zero attached hydrogens (tertiary/aromatic N) is 4. The van der Waals surface area contributed by atoms with Crippen molar-refractivity contribution in [3.63, 3.8) is 0 Å². The van der Waals surface area contributed by atoms with Crippen LogP contribution in [0, 0.1) is 24.2 Å². The topological polar surface area (TPSA) is 60.2 Å². The summed E-state index contributed by atoms with van der Waals surface area (Å²) in [6.07, 6.45) is 1.63. The van der Waals surface area contributed by atoms with Crippen molar-refractivity contribution in [1.82, 2.24) is 9.88 Å². The maximum absolute atomic E-state index is 12.0. The zero-order valence-electron chi connectivity index (χ0n) is 12.3. The summed E-state index contributed by atoms with van der Waals surface area (Å²) < 4.78 is 0. The Morgan fingerprint density at radius 2 is 2.05 bits per heavy atom. The molecule has 0 spiro atoms. The van der Waals surface area contributed by atoms with E-state index in [9.17, 15) is 10.1 Å². The summed E-state index contributed by atoms with van der Waals surface area (Å²) in [5, 5.41) is 9.18. The summed E-state index contributed by atoms with van der Waals surface area (Å²) >= 11 is 0. The van der Waals surface area contributed by atoms with Crippen molar-refractivity contribution in [2.45, 2.75) is 19.8 Å². The van der Waals surface area contributed by atoms with Gasteiger partial charge >= 0.3 is 0 Å². The van der Waals surface area contributed by atoms with Gasteiger partial charge in [0, 0.05) is 38.8 Å². The van der Waals surface area contributed by atoms with Gasteiger partial charge in [-0.2, -0.15) is 5.26 Å². The average molecular weight is 272 g/mol. The van der Waals surface area contributed by atoms with Crippen LogP contribution in [0.1, 0.15) is 24.1 Å². The van der Waals surface area contributed by atoms with Gasteiger partial charge in [-0.1, -0.05) is 0 Å². The third-order valence-electron chi connectivity index (χ3n) is 3.72. The van der Waals surface area contributed by atoms with Gasteiger partial charge in [0.25, 0.3) is 0 Å². The molecule has 0 unspecified atom stereocenters. The van der Waals surface area contributed by atoms with Crippen molar-refractivity contribution >= 4 is 11.7 Å². The molecule has 2 rings (SSSR count). The minimum absolute atomic E-state index is 0.0941. The van der Waals surface area contributed by atoms with Gasteiger partial charge < -0.3 is 9.80 Å². The lowest BCUT2D eigenvalue weighted by Crippen LogP contribution is -2.40. The van der Waals surface area contributed by atoms with Crippen LogP contribution in [0.15, 0.2) is 12.1 Å². The standard InChI is InChI=1S/C15H20N4O/c1-11-4-5-13(10-16)14(17-11)19-8-6-12(7-9-19)15(20)18(2)3/h4-5,12H,6-9H2,1-3H3. The van der Waals surface area contributed by atoms with Crippen LogP contribution in [0.25, 0.3) is 0 Å². The molecule has 0 aromatic carbocycles. The normalized spacial score (nSPS) is 15.8. The molecular formula is C15H20N4O. The van der Waals surface area contributed by atoms with Gasteiger partial charge in [0.1, 0.15) is 11.9 Å². The molecular weight excluding hydrogens is 252 g/mol. The number of carbonyl (C=O) groups excluding carboxylic acids is 1. The van der Waals surface area contributed by atoms with Crippen molar-refractivity contribution in [1.29, 1.82) is 5.26 Å². The molecule has 0 radical (unpaired) electrons. The zero-order chi connectivity index (χ0) is 14.7. The van der Waals surface area contributed by atoms with Gasteiger partial charge in [0.05, 0.1) is 5.56 Å². The van der Waals surface area contributed by atoms with Gasteiger partial charge in [0.2, 0.25) is 5.91 Å². The van der Waals surface area contributed by atoms with E-state index in [1.165, 1.54) is 0 Å². The van der Waals surface area contributed by atoms with Gasteiger partial charge in [-0.05, 0) is 31.9 Å². The SMILES string of the molecule is Cc1ccc(C#N)c(N2CCC(C(=O)N(C)C)CC2)n1. The summed E-state index contributed by atoms with van der Waals surface area (Å²) in [4.78, 5) is 20.2. The van der Waals surface area contributed by atoms with E-state index in [0.717, 1.165) is 37.4 Å². The summed E-state index contributed by atoms with van der Waals surface area (Å²) in [6.45, 7) is 3.47. The summed E-state index contributed by atoms with van der Waals surface area (Å²) in [5.74, 6) is 1.04. The second-order valence-corrected chi connectivity index (χ2v) is 5.43. The number of carbonyl (C=O) groups is 1. The summed E-state index contributed by atoms with van der Waals surface area (Å²) in [6, 6.07) is 5.86. The second-order valence-electron chi connectivity index (χ2n) is 5.43. The molecule has 1 amide bonds. The van der Waals surface area contributed by atoms with Crippen molar-refractivity contribution in [2.75, 3.05) is 32.1 Å². The molecule has 5 heteroatoms. The van der Waals surface area contributed by atoms with Gasteiger partial charge in [-0.3, -0.25) is 4.79 Å². The molecule has 0 bridgehead atoms. The minimum atomic E-state index is 0.0941. The van der Waals surface area contributed by atoms with Gasteiger partial charge in [-0.25, -0.2) is 4.98 Å². The first-order chi connectivity index (χ1) is 9.52. The number of rotatable bonds is 2. The average Bonchev–Trinajstić information content (AvgIpc) is 2.46. The Balaban J connectivity index is 2.10. The highest BCUT2D eigenvalue weighted by Gasteiger charge is 2.27. The molecule has 0 atom stereocenters. The Bertz CT molecular complexity index is 539. The van der Waals surface area contributed by atoms with Crippen LogP contribution >= 0.6 is 0 Å². The molecule has 0 N–H and O–H groups in total. The molecule has 1 aliphatic rings. The fourth-order valence-electron chi connectivity index (χ4n) is 2.57. The fraction of sp³-hybridized carbons (Fsp3) is 0.533. The molecule has 1 aliphatic heterocycles. The summed E-state index contributed by atoms with van der Waals surface area (Å²) in [5.41, 5.74) is 1.51. The largest absolute Gasteiger partial charge is 0.355 e. The lowest BCUT2D eigenvalue weighted by Gasteiger charge is -2.33. The molecule has 2 heterocycles. The number of pyridine rings is 1. The molecule has 0 saturated carbocycles. The first kappa shape index (κ1) is 14.3. The highest BCUT2D eigenvalue weighted by atomic mass is 16.2. The minimum Gasteiger partial charge on any atom is -0.355 e. The first-order valence-electron chi connectivity index (χ1n) is 6.86. The van der Waals surface area contributed by atoms with Crippen LogP contribution in [0.5, 0.6) is 0 Å². The molecule has 1 fully saturated rings. The van der Waals surface area contributed by atoms with Crippen molar-refractivity contribution in [3.8, 4) is 6.07 Å². The highest BCUT2D eigenvalue weighted by molar-refractivity contribution is 5.78. The van der Waals surface area contributed by atoms with E-state index in [0.29, 0.717) is 5.56 Å². The van der Waals surface area contributed by atoms with E-state index in [-0.39, 0.29) is 11.8 Å². The molecule has 1 aromatic heterocycles. The van der Waals surface area contributed by atoms with Gasteiger partial charge in [-0.15, -0.1) is 0 Å². The zero-order valence-corrected chi connectivity index (χ0v) is 12.3. The quantitative estimate of drug-likeness (QED) is 0.820. The third kappa shape index (κ3) is 2.90. The van der Waals surface area contributed by atoms with Crippen LogP contribution in [-0.2, 0) is 4.79 Å². The van der Waals surface area contributed by atoms with Crippen LogP contribution < -0.4 is 4.90 Å². The number of hydrogen-bond acceptors (Lipinski definition) is 4. The molecule has 5 nitrogen and oxygen atoms in total. The van der Waals surface area contributed by atoms with E-state index < -0.39 is 0 Å². The van der Waals surface area contributed by atoms with E-state index in [1.54, 1.807) is 19.0 Å². The number of piperidine rings is 1. The first-order valence-corrected chi connectivity index (χ1v) is 6.86. The van der Waals surface area contributed by atoms with E-state index >= 15 is 0 Å². The van der Waals surface area contributed by atoms with Crippen molar-refractivity contribution < 1.29 is 4.79 Å². The third-order valence-corrected chi connectivity index (χ3v) is 3.72. The lowest BCUT2D eigenvalue weighted by molar-refractivity contribution is -0.133. The number of nitriles is 1. The summed E-state index contributed by atoms with van der Waals surface area (Å²) in [7, 11) is 3.59. The molecule has 20 heavy (non-hydrogen) atoms. The monoisotopic (exact) mass is 272 g/mol. The maximum atomic E-state index is 12.0. The van der Waals surface area contributed by atoms with Crippen molar-refractivity contribution in [2.24, 2.45) is 5.92 Å². The van der Waals surface area contributed by atoms with Crippen LogP contribution in [-0.4, -0.2) is 43.0 Å². The Morgan fingerprint density at radius 3 is 2.60 bits per heavy atom. The van der Waals surface area contributed by atoms with E-state index in [4.69, 9.17) is 0 Å². The Hall–Kier alpha value is -2.09. The number of aromatic nitrogens is 1. The molecule has 106 valence electrons. The smallest absolute Gasteiger partial charge is 0.225 e. The predicted octanol–water partition coefficient (Wildman–Crippen LogP) is 1.57. The van der Waals surface area contributed by atoms with E-state index in [2.05, 4.69) is 16.0 Å². The molecule has 1 saturated heterocycles. The lowest BCUT2D eigenvalue weighted by atomic mass is 9.95. The number of anilines is 1. The maximum Gasteiger partial charge on any atom is 0.225 e. The van der Waals surface area contributed by atoms with E-state index in [1.807, 2.05) is 19.1 Å². The van der Waals surface area contributed by atoms with Crippen LogP contribution in [0.3, 0.4) is 0 Å². The van der Waals surface area contributed by atoms with Gasteiger partial charge in [0.15, 0.2) is 0 Å². The number of aryl methyl sites for hydroxylation is 1. The predicted molar refractivity (Wildman–Crippen MR) is 77.3 cm³/mol. The fourth-order valence-corrected chi connectivity index (χ4v) is 2.57. The van der Waals surface area contributed by atoms with Crippen LogP contribution in [0.2, 0.25) is 0 Å². The molecule has 1 aromatic rings. The number of amides is 1.